The summed E-state index contributed by atoms with van der Waals surface area (Å²) in [5, 5.41) is 0. The van der Waals surface area contributed by atoms with Gasteiger partial charge in [-0.3, -0.25) is 0 Å². The molecule has 0 N–H and O–H groups in total. The van der Waals surface area contributed by atoms with Crippen LogP contribution in [0.5, 0.6) is 0 Å². The normalized spacial score (nSPS) is 10.0. The predicted octanol–water partition coefficient (Wildman–Crippen LogP) is 2.83. The van der Waals surface area contributed by atoms with Crippen molar-refractivity contribution in [2.45, 2.75) is 33.1 Å². The van der Waals surface area contributed by atoms with Crippen molar-refractivity contribution in [3.05, 3.63) is 34.9 Å². The molecule has 0 amide bonds. The Labute approximate surface area is 79.8 Å². The molecule has 0 radical (unpaired) electrons. The zero-order chi connectivity index (χ0) is 9.68. The number of unbranched alkanes of at least 4 members (excludes halogenated alkanes) is 1. The highest BCUT2D eigenvalue weighted by Gasteiger charge is 1.97. The average molecular weight is 176 g/mol. The summed E-state index contributed by atoms with van der Waals surface area (Å²) in [6.07, 6.45) is 3.65. The lowest BCUT2D eigenvalue weighted by atomic mass is 10.0. The summed E-state index contributed by atoms with van der Waals surface area (Å²) >= 11 is 0. The van der Waals surface area contributed by atoms with Crippen molar-refractivity contribution in [2.24, 2.45) is 0 Å². The molecular weight excluding hydrogens is 160 g/mol. The Bertz CT molecular complexity index is 289. The van der Waals surface area contributed by atoms with Gasteiger partial charge in [-0.15, -0.1) is 0 Å². The molecule has 13 heavy (non-hydrogen) atoms. The van der Waals surface area contributed by atoms with Gasteiger partial charge in [0.1, 0.15) is 6.29 Å². The van der Waals surface area contributed by atoms with Gasteiger partial charge in [0.25, 0.3) is 0 Å². The van der Waals surface area contributed by atoms with Crippen molar-refractivity contribution >= 4 is 6.29 Å². The fourth-order valence-electron chi connectivity index (χ4n) is 1.45. The van der Waals surface area contributed by atoms with Crippen LogP contribution in [0.3, 0.4) is 0 Å². The summed E-state index contributed by atoms with van der Waals surface area (Å²) in [4.78, 5) is 10.1. The summed E-state index contributed by atoms with van der Waals surface area (Å²) in [5.41, 5.74) is 4.00. The van der Waals surface area contributed by atoms with Crippen molar-refractivity contribution in [3.8, 4) is 0 Å². The van der Waals surface area contributed by atoms with Crippen molar-refractivity contribution in [1.29, 1.82) is 0 Å². The molecule has 1 rings (SSSR count). The minimum atomic E-state index is 0.674. The van der Waals surface area contributed by atoms with Crippen LogP contribution in [0.15, 0.2) is 18.2 Å². The minimum Gasteiger partial charge on any atom is -0.303 e. The largest absolute Gasteiger partial charge is 0.303 e. The Balaban J connectivity index is 2.64. The summed E-state index contributed by atoms with van der Waals surface area (Å²) < 4.78 is 0. The monoisotopic (exact) mass is 176 g/mol. The van der Waals surface area contributed by atoms with Gasteiger partial charge < -0.3 is 4.79 Å². The predicted molar refractivity (Wildman–Crippen MR) is 54.9 cm³/mol. The number of aldehydes is 1. The zero-order valence-corrected chi connectivity index (χ0v) is 8.34. The van der Waals surface area contributed by atoms with Crippen LogP contribution >= 0.6 is 0 Å². The number of hydrogen-bond acceptors (Lipinski definition) is 1. The maximum absolute atomic E-state index is 10.1. The van der Waals surface area contributed by atoms with Crippen LogP contribution < -0.4 is 0 Å². The molecule has 0 atom stereocenters. The molecule has 1 aromatic rings. The van der Waals surface area contributed by atoms with Gasteiger partial charge in [0.2, 0.25) is 0 Å². The fourth-order valence-corrected chi connectivity index (χ4v) is 1.45. The highest BCUT2D eigenvalue weighted by atomic mass is 16.1. The summed E-state index contributed by atoms with van der Waals surface area (Å²) in [5.74, 6) is 0. The average Bonchev–Trinajstić information content (AvgIpc) is 2.11. The molecule has 1 nitrogen and oxygen atoms in total. The van der Waals surface area contributed by atoms with E-state index in [2.05, 4.69) is 32.0 Å². The highest BCUT2D eigenvalue weighted by molar-refractivity contribution is 5.49. The fraction of sp³-hybridized carbons (Fsp3) is 0.417. The topological polar surface area (TPSA) is 17.1 Å². The zero-order valence-electron chi connectivity index (χ0n) is 8.34. The van der Waals surface area contributed by atoms with Gasteiger partial charge >= 0.3 is 0 Å². The van der Waals surface area contributed by atoms with Gasteiger partial charge in [0, 0.05) is 6.42 Å². The Hall–Kier alpha value is -1.11. The Kier molecular flexibility index (Phi) is 3.69. The maximum Gasteiger partial charge on any atom is 0.120 e. The van der Waals surface area contributed by atoms with Crippen molar-refractivity contribution < 1.29 is 4.79 Å². The first-order valence-corrected chi connectivity index (χ1v) is 4.74. The molecule has 0 aliphatic rings. The first kappa shape index (κ1) is 9.97. The van der Waals surface area contributed by atoms with E-state index in [1.54, 1.807) is 0 Å². The van der Waals surface area contributed by atoms with Gasteiger partial charge in [-0.1, -0.05) is 23.8 Å². The lowest BCUT2D eigenvalue weighted by Gasteiger charge is -2.05. The summed E-state index contributed by atoms with van der Waals surface area (Å²) in [7, 11) is 0. The Morgan fingerprint density at radius 3 is 2.77 bits per heavy atom. The summed E-state index contributed by atoms with van der Waals surface area (Å²) in [6.45, 7) is 4.22. The molecular formula is C12H16O. The van der Waals surface area contributed by atoms with Crippen LogP contribution in [-0.2, 0) is 11.2 Å². The van der Waals surface area contributed by atoms with Crippen LogP contribution in [0.2, 0.25) is 0 Å². The smallest absolute Gasteiger partial charge is 0.120 e. The maximum atomic E-state index is 10.1. The van der Waals surface area contributed by atoms with Gasteiger partial charge in [-0.05, 0) is 37.8 Å². The third-order valence-electron chi connectivity index (χ3n) is 2.27. The molecule has 1 aromatic carbocycles. The van der Waals surface area contributed by atoms with Crippen LogP contribution in [0.4, 0.5) is 0 Å². The molecule has 0 aromatic heterocycles. The third kappa shape index (κ3) is 3.02. The van der Waals surface area contributed by atoms with Crippen molar-refractivity contribution in [1.82, 2.24) is 0 Å². The molecule has 70 valence electrons. The molecule has 0 saturated heterocycles. The summed E-state index contributed by atoms with van der Waals surface area (Å²) in [6, 6.07) is 6.48. The van der Waals surface area contributed by atoms with Crippen LogP contribution in [0.25, 0.3) is 0 Å². The third-order valence-corrected chi connectivity index (χ3v) is 2.27. The van der Waals surface area contributed by atoms with Crippen LogP contribution in [-0.4, -0.2) is 6.29 Å². The second-order valence-electron chi connectivity index (χ2n) is 3.49. The number of carbonyl (C=O) groups is 1. The van der Waals surface area contributed by atoms with E-state index in [0.29, 0.717) is 6.42 Å². The van der Waals surface area contributed by atoms with E-state index >= 15 is 0 Å². The van der Waals surface area contributed by atoms with Crippen molar-refractivity contribution in [2.75, 3.05) is 0 Å². The number of carbonyl (C=O) groups excluding carboxylic acids is 1. The minimum absolute atomic E-state index is 0.674. The van der Waals surface area contributed by atoms with Crippen LogP contribution in [0.1, 0.15) is 29.5 Å². The van der Waals surface area contributed by atoms with E-state index in [4.69, 9.17) is 0 Å². The molecule has 0 fully saturated rings. The second kappa shape index (κ2) is 4.80. The van der Waals surface area contributed by atoms with E-state index in [1.807, 2.05) is 0 Å². The molecule has 0 aliphatic heterocycles. The highest BCUT2D eigenvalue weighted by Crippen LogP contribution is 2.12. The molecule has 0 bridgehead atoms. The Morgan fingerprint density at radius 1 is 1.31 bits per heavy atom. The van der Waals surface area contributed by atoms with E-state index in [9.17, 15) is 4.79 Å². The SMILES string of the molecule is Cc1ccc(C)c(CCCC=O)c1. The number of rotatable bonds is 4. The van der Waals surface area contributed by atoms with Gasteiger partial charge in [0.15, 0.2) is 0 Å². The van der Waals surface area contributed by atoms with E-state index in [1.165, 1.54) is 16.7 Å². The lowest BCUT2D eigenvalue weighted by molar-refractivity contribution is -0.107. The van der Waals surface area contributed by atoms with E-state index < -0.39 is 0 Å². The van der Waals surface area contributed by atoms with Gasteiger partial charge in [-0.2, -0.15) is 0 Å². The number of aryl methyl sites for hydroxylation is 3. The molecule has 1 heteroatoms. The number of benzene rings is 1. The Morgan fingerprint density at radius 2 is 2.08 bits per heavy atom. The second-order valence-corrected chi connectivity index (χ2v) is 3.49. The standard InChI is InChI=1S/C12H16O/c1-10-6-7-11(2)12(9-10)5-3-4-8-13/h6-9H,3-5H2,1-2H3. The lowest BCUT2D eigenvalue weighted by Crippen LogP contribution is -1.91. The molecule has 0 saturated carbocycles. The van der Waals surface area contributed by atoms with Crippen molar-refractivity contribution in [3.63, 3.8) is 0 Å². The molecule has 0 unspecified atom stereocenters. The molecule has 0 aliphatic carbocycles. The van der Waals surface area contributed by atoms with Crippen LogP contribution in [0, 0.1) is 13.8 Å². The van der Waals surface area contributed by atoms with E-state index in [0.717, 1.165) is 19.1 Å². The first-order chi connectivity index (χ1) is 6.24. The van der Waals surface area contributed by atoms with E-state index in [-0.39, 0.29) is 0 Å². The number of hydrogen-bond donors (Lipinski definition) is 0. The molecule has 0 spiro atoms. The van der Waals surface area contributed by atoms with Gasteiger partial charge in [-0.25, -0.2) is 0 Å². The molecule has 0 heterocycles. The quantitative estimate of drug-likeness (QED) is 0.509. The first-order valence-electron chi connectivity index (χ1n) is 4.74. The van der Waals surface area contributed by atoms with Gasteiger partial charge in [0.05, 0.1) is 0 Å².